The van der Waals surface area contributed by atoms with E-state index in [0.717, 1.165) is 18.8 Å². The van der Waals surface area contributed by atoms with Crippen LogP contribution in [0.1, 0.15) is 25.2 Å². The molecule has 4 nitrogen and oxygen atoms in total. The molecule has 74 valence electrons. The molecular formula is C9H17N3O. The highest BCUT2D eigenvalue weighted by Crippen LogP contribution is 2.07. The zero-order valence-electron chi connectivity index (χ0n) is 8.20. The Morgan fingerprint density at radius 1 is 1.69 bits per heavy atom. The van der Waals surface area contributed by atoms with Crippen LogP contribution in [0.15, 0.2) is 12.4 Å². The van der Waals surface area contributed by atoms with Gasteiger partial charge in [0.05, 0.1) is 6.04 Å². The Labute approximate surface area is 78.6 Å². The first-order valence-corrected chi connectivity index (χ1v) is 4.57. The van der Waals surface area contributed by atoms with Gasteiger partial charge in [0.1, 0.15) is 5.82 Å². The standard InChI is InChI=1S/C9H17N3O/c1-8(10-4-3-7-13)9-11-5-6-12(9)2/h5-6,8,10,13H,3-4,7H2,1-2H3. The van der Waals surface area contributed by atoms with Crippen molar-refractivity contribution in [1.29, 1.82) is 0 Å². The van der Waals surface area contributed by atoms with Gasteiger partial charge in [-0.1, -0.05) is 0 Å². The first-order valence-electron chi connectivity index (χ1n) is 4.57. The fourth-order valence-electron chi connectivity index (χ4n) is 1.28. The molecule has 0 saturated carbocycles. The van der Waals surface area contributed by atoms with Crippen molar-refractivity contribution in [3.63, 3.8) is 0 Å². The lowest BCUT2D eigenvalue weighted by Gasteiger charge is -2.12. The van der Waals surface area contributed by atoms with E-state index in [1.165, 1.54) is 0 Å². The number of aryl methyl sites for hydroxylation is 1. The Morgan fingerprint density at radius 3 is 3.00 bits per heavy atom. The van der Waals surface area contributed by atoms with E-state index in [4.69, 9.17) is 5.11 Å². The number of aromatic nitrogens is 2. The van der Waals surface area contributed by atoms with Gasteiger partial charge in [-0.05, 0) is 19.9 Å². The summed E-state index contributed by atoms with van der Waals surface area (Å²) in [4.78, 5) is 4.23. The number of rotatable bonds is 5. The lowest BCUT2D eigenvalue weighted by atomic mass is 10.3. The highest BCUT2D eigenvalue weighted by atomic mass is 16.3. The highest BCUT2D eigenvalue weighted by molar-refractivity contribution is 4.96. The third kappa shape index (κ3) is 2.82. The van der Waals surface area contributed by atoms with Gasteiger partial charge in [0, 0.05) is 26.0 Å². The van der Waals surface area contributed by atoms with Gasteiger partial charge < -0.3 is 15.0 Å². The lowest BCUT2D eigenvalue weighted by molar-refractivity contribution is 0.283. The number of nitrogens with one attached hydrogen (secondary N) is 1. The molecule has 2 N–H and O–H groups in total. The normalized spacial score (nSPS) is 13.2. The van der Waals surface area contributed by atoms with Crippen LogP contribution in [-0.4, -0.2) is 27.8 Å². The summed E-state index contributed by atoms with van der Waals surface area (Å²) in [6.07, 6.45) is 4.51. The summed E-state index contributed by atoms with van der Waals surface area (Å²) >= 11 is 0. The van der Waals surface area contributed by atoms with Crippen molar-refractivity contribution in [1.82, 2.24) is 14.9 Å². The summed E-state index contributed by atoms with van der Waals surface area (Å²) in [5.74, 6) is 1.03. The van der Waals surface area contributed by atoms with E-state index in [0.29, 0.717) is 0 Å². The summed E-state index contributed by atoms with van der Waals surface area (Å²) in [5, 5.41) is 11.9. The van der Waals surface area contributed by atoms with E-state index < -0.39 is 0 Å². The second-order valence-corrected chi connectivity index (χ2v) is 3.15. The minimum atomic E-state index is 0.236. The molecule has 0 aliphatic rings. The van der Waals surface area contributed by atoms with Gasteiger partial charge in [-0.2, -0.15) is 0 Å². The SMILES string of the molecule is CC(NCCCO)c1nccn1C. The molecular weight excluding hydrogens is 166 g/mol. The maximum Gasteiger partial charge on any atom is 0.125 e. The molecule has 0 saturated heterocycles. The zero-order valence-corrected chi connectivity index (χ0v) is 8.20. The second-order valence-electron chi connectivity index (χ2n) is 3.15. The van der Waals surface area contributed by atoms with Crippen molar-refractivity contribution in [2.75, 3.05) is 13.2 Å². The molecule has 13 heavy (non-hydrogen) atoms. The van der Waals surface area contributed by atoms with Crippen molar-refractivity contribution < 1.29 is 5.11 Å². The van der Waals surface area contributed by atoms with Crippen LogP contribution in [-0.2, 0) is 7.05 Å². The molecule has 4 heteroatoms. The number of imidazole rings is 1. The van der Waals surface area contributed by atoms with Crippen molar-refractivity contribution in [3.8, 4) is 0 Å². The number of aliphatic hydroxyl groups excluding tert-OH is 1. The van der Waals surface area contributed by atoms with E-state index in [1.807, 2.05) is 17.8 Å². The van der Waals surface area contributed by atoms with Gasteiger partial charge in [0.25, 0.3) is 0 Å². The van der Waals surface area contributed by atoms with Crippen LogP contribution >= 0.6 is 0 Å². The van der Waals surface area contributed by atoms with Crippen molar-refractivity contribution in [2.24, 2.45) is 7.05 Å². The number of nitrogens with zero attached hydrogens (tertiary/aromatic N) is 2. The van der Waals surface area contributed by atoms with Crippen molar-refractivity contribution in [3.05, 3.63) is 18.2 Å². The number of hydrogen-bond acceptors (Lipinski definition) is 3. The van der Waals surface area contributed by atoms with Crippen LogP contribution < -0.4 is 5.32 Å². The molecule has 0 aromatic carbocycles. The van der Waals surface area contributed by atoms with Gasteiger partial charge in [-0.15, -0.1) is 0 Å². The maximum atomic E-state index is 8.60. The second kappa shape index (κ2) is 4.99. The van der Waals surface area contributed by atoms with Gasteiger partial charge in [0.2, 0.25) is 0 Å². The van der Waals surface area contributed by atoms with Crippen molar-refractivity contribution >= 4 is 0 Å². The highest BCUT2D eigenvalue weighted by Gasteiger charge is 2.07. The molecule has 0 amide bonds. The van der Waals surface area contributed by atoms with Gasteiger partial charge in [-0.25, -0.2) is 4.98 Å². The third-order valence-electron chi connectivity index (χ3n) is 2.03. The predicted octanol–water partition coefficient (Wildman–Crippen LogP) is 0.453. The molecule has 0 radical (unpaired) electrons. The maximum absolute atomic E-state index is 8.60. The number of hydrogen-bond donors (Lipinski definition) is 2. The molecule has 0 fully saturated rings. The Morgan fingerprint density at radius 2 is 2.46 bits per heavy atom. The van der Waals surface area contributed by atoms with E-state index in [1.54, 1.807) is 6.20 Å². The Balaban J connectivity index is 2.39. The van der Waals surface area contributed by atoms with E-state index >= 15 is 0 Å². The van der Waals surface area contributed by atoms with Crippen molar-refractivity contribution in [2.45, 2.75) is 19.4 Å². The Hall–Kier alpha value is -0.870. The molecule has 0 aliphatic carbocycles. The molecule has 1 atom stereocenters. The molecule has 0 aliphatic heterocycles. The molecule has 0 spiro atoms. The van der Waals surface area contributed by atoms with Crippen LogP contribution in [0.5, 0.6) is 0 Å². The third-order valence-corrected chi connectivity index (χ3v) is 2.03. The number of aliphatic hydroxyl groups is 1. The first kappa shape index (κ1) is 10.2. The summed E-state index contributed by atoms with van der Waals surface area (Å²) < 4.78 is 2.00. The smallest absolute Gasteiger partial charge is 0.125 e. The topological polar surface area (TPSA) is 50.1 Å². The zero-order chi connectivity index (χ0) is 9.68. The van der Waals surface area contributed by atoms with Gasteiger partial charge in [-0.3, -0.25) is 0 Å². The largest absolute Gasteiger partial charge is 0.396 e. The van der Waals surface area contributed by atoms with Gasteiger partial charge >= 0.3 is 0 Å². The molecule has 1 unspecified atom stereocenters. The molecule has 1 aromatic heterocycles. The quantitative estimate of drug-likeness (QED) is 0.652. The summed E-state index contributed by atoms with van der Waals surface area (Å²) in [7, 11) is 1.98. The van der Waals surface area contributed by atoms with Gasteiger partial charge in [0.15, 0.2) is 0 Å². The molecule has 1 heterocycles. The van der Waals surface area contributed by atoms with Crippen LogP contribution in [0.2, 0.25) is 0 Å². The van der Waals surface area contributed by atoms with Crippen LogP contribution in [0.25, 0.3) is 0 Å². The van der Waals surface area contributed by atoms with Crippen LogP contribution in [0, 0.1) is 0 Å². The molecule has 1 aromatic rings. The molecule has 0 bridgehead atoms. The van der Waals surface area contributed by atoms with E-state index in [2.05, 4.69) is 17.2 Å². The first-order chi connectivity index (χ1) is 6.25. The average molecular weight is 183 g/mol. The summed E-state index contributed by atoms with van der Waals surface area (Å²) in [6, 6.07) is 0.242. The van der Waals surface area contributed by atoms with Crippen LogP contribution in [0.4, 0.5) is 0 Å². The Kier molecular flexibility index (Phi) is 3.92. The molecule has 1 rings (SSSR count). The fourth-order valence-corrected chi connectivity index (χ4v) is 1.28. The lowest BCUT2D eigenvalue weighted by Crippen LogP contribution is -2.23. The van der Waals surface area contributed by atoms with E-state index in [-0.39, 0.29) is 12.6 Å². The monoisotopic (exact) mass is 183 g/mol. The fraction of sp³-hybridized carbons (Fsp3) is 0.667. The Bertz CT molecular complexity index is 247. The summed E-state index contributed by atoms with van der Waals surface area (Å²) in [6.45, 7) is 3.13. The van der Waals surface area contributed by atoms with E-state index in [9.17, 15) is 0 Å². The van der Waals surface area contributed by atoms with Crippen LogP contribution in [0.3, 0.4) is 0 Å². The minimum absolute atomic E-state index is 0.236. The summed E-state index contributed by atoms with van der Waals surface area (Å²) in [5.41, 5.74) is 0. The average Bonchev–Trinajstić information content (AvgIpc) is 2.52. The predicted molar refractivity (Wildman–Crippen MR) is 51.3 cm³/mol. The minimum Gasteiger partial charge on any atom is -0.396 e.